The Morgan fingerprint density at radius 2 is 1.74 bits per heavy atom. The van der Waals surface area contributed by atoms with Crippen molar-refractivity contribution in [2.75, 3.05) is 44.2 Å². The maximum atomic E-state index is 12.6. The average molecular weight is 359 g/mol. The highest BCUT2D eigenvalue weighted by Gasteiger charge is 2.38. The zero-order valence-electron chi connectivity index (χ0n) is 13.1. The Morgan fingerprint density at radius 3 is 2.30 bits per heavy atom. The van der Waals surface area contributed by atoms with Crippen molar-refractivity contribution in [3.63, 3.8) is 0 Å². The SMILES string of the molecule is Cl.Cl.O=C(c1ccc(N2CCCC2)nc1)N1C[C@H]2CNC[C@H]2C1. The number of hydrogen-bond acceptors (Lipinski definition) is 4. The number of pyridine rings is 1. The number of nitrogens with zero attached hydrogens (tertiary/aromatic N) is 3. The first-order chi connectivity index (χ1) is 10.3. The van der Waals surface area contributed by atoms with Gasteiger partial charge in [0.25, 0.3) is 5.91 Å². The van der Waals surface area contributed by atoms with E-state index in [1.165, 1.54) is 12.8 Å². The van der Waals surface area contributed by atoms with Gasteiger partial charge >= 0.3 is 0 Å². The van der Waals surface area contributed by atoms with E-state index in [0.717, 1.165) is 50.6 Å². The molecule has 0 aromatic carbocycles. The number of carbonyl (C=O) groups excluding carboxylic acids is 1. The number of hydrogen-bond donors (Lipinski definition) is 1. The summed E-state index contributed by atoms with van der Waals surface area (Å²) < 4.78 is 0. The van der Waals surface area contributed by atoms with Crippen LogP contribution in [0.15, 0.2) is 18.3 Å². The number of rotatable bonds is 2. The van der Waals surface area contributed by atoms with Gasteiger partial charge in [0, 0.05) is 45.5 Å². The average Bonchev–Trinajstić information content (AvgIpc) is 3.23. The molecule has 2 atom stereocenters. The fourth-order valence-corrected chi connectivity index (χ4v) is 3.85. The predicted octanol–water partition coefficient (Wildman–Crippen LogP) is 1.82. The van der Waals surface area contributed by atoms with Gasteiger partial charge in [-0.3, -0.25) is 4.79 Å². The summed E-state index contributed by atoms with van der Waals surface area (Å²) in [5.41, 5.74) is 0.728. The Bertz CT molecular complexity index is 521. The van der Waals surface area contributed by atoms with Gasteiger partial charge in [0.2, 0.25) is 0 Å². The van der Waals surface area contributed by atoms with E-state index in [2.05, 4.69) is 15.2 Å². The first-order valence-corrected chi connectivity index (χ1v) is 8.02. The summed E-state index contributed by atoms with van der Waals surface area (Å²) in [5, 5.41) is 3.41. The Labute approximate surface area is 149 Å². The number of aromatic nitrogens is 1. The predicted molar refractivity (Wildman–Crippen MR) is 95.9 cm³/mol. The number of carbonyl (C=O) groups is 1. The van der Waals surface area contributed by atoms with Gasteiger partial charge in [-0.25, -0.2) is 4.98 Å². The second-order valence-electron chi connectivity index (χ2n) is 6.49. The van der Waals surface area contributed by atoms with Crippen LogP contribution in [-0.2, 0) is 0 Å². The summed E-state index contributed by atoms with van der Waals surface area (Å²) in [7, 11) is 0. The summed E-state index contributed by atoms with van der Waals surface area (Å²) in [6, 6.07) is 3.94. The molecule has 3 aliphatic rings. The van der Waals surface area contributed by atoms with E-state index in [4.69, 9.17) is 0 Å². The largest absolute Gasteiger partial charge is 0.357 e. The highest BCUT2D eigenvalue weighted by Crippen LogP contribution is 2.27. The summed E-state index contributed by atoms with van der Waals surface area (Å²) in [4.78, 5) is 21.3. The zero-order valence-corrected chi connectivity index (χ0v) is 14.7. The molecule has 23 heavy (non-hydrogen) atoms. The summed E-state index contributed by atoms with van der Waals surface area (Å²) in [5.74, 6) is 2.44. The van der Waals surface area contributed by atoms with Gasteiger partial charge in [-0.2, -0.15) is 0 Å². The van der Waals surface area contributed by atoms with E-state index in [1.807, 2.05) is 17.0 Å². The van der Waals surface area contributed by atoms with E-state index in [-0.39, 0.29) is 30.7 Å². The molecule has 3 aliphatic heterocycles. The second-order valence-corrected chi connectivity index (χ2v) is 6.49. The second kappa shape index (κ2) is 7.69. The molecule has 3 saturated heterocycles. The van der Waals surface area contributed by atoms with E-state index in [1.54, 1.807) is 6.20 Å². The van der Waals surface area contributed by atoms with E-state index >= 15 is 0 Å². The maximum Gasteiger partial charge on any atom is 0.255 e. The van der Waals surface area contributed by atoms with Crippen molar-refractivity contribution in [3.8, 4) is 0 Å². The summed E-state index contributed by atoms with van der Waals surface area (Å²) in [6.07, 6.45) is 4.24. The van der Waals surface area contributed by atoms with Crippen LogP contribution in [0.5, 0.6) is 0 Å². The molecule has 1 amide bonds. The van der Waals surface area contributed by atoms with Crippen LogP contribution in [-0.4, -0.2) is 55.1 Å². The van der Waals surface area contributed by atoms with Crippen molar-refractivity contribution in [3.05, 3.63) is 23.9 Å². The molecule has 1 N–H and O–H groups in total. The minimum atomic E-state index is 0. The lowest BCUT2D eigenvalue weighted by Crippen LogP contribution is -2.32. The molecule has 4 rings (SSSR count). The zero-order chi connectivity index (χ0) is 14.2. The molecule has 0 unspecified atom stereocenters. The molecule has 7 heteroatoms. The molecule has 1 aromatic rings. The monoisotopic (exact) mass is 358 g/mol. The molecule has 0 radical (unpaired) electrons. The van der Waals surface area contributed by atoms with Crippen LogP contribution in [0, 0.1) is 11.8 Å². The van der Waals surface area contributed by atoms with E-state index in [9.17, 15) is 4.79 Å². The van der Waals surface area contributed by atoms with Crippen molar-refractivity contribution < 1.29 is 4.79 Å². The number of amides is 1. The quantitative estimate of drug-likeness (QED) is 0.875. The highest BCUT2D eigenvalue weighted by molar-refractivity contribution is 5.94. The van der Waals surface area contributed by atoms with Crippen molar-refractivity contribution in [1.29, 1.82) is 0 Å². The van der Waals surface area contributed by atoms with Crippen molar-refractivity contribution in [1.82, 2.24) is 15.2 Å². The molecular formula is C16H24Cl2N4O. The molecular weight excluding hydrogens is 335 g/mol. The van der Waals surface area contributed by atoms with Gasteiger partial charge < -0.3 is 15.1 Å². The van der Waals surface area contributed by atoms with E-state index < -0.39 is 0 Å². The smallest absolute Gasteiger partial charge is 0.255 e. The van der Waals surface area contributed by atoms with Crippen molar-refractivity contribution in [2.45, 2.75) is 12.8 Å². The third kappa shape index (κ3) is 3.57. The number of anilines is 1. The summed E-state index contributed by atoms with van der Waals surface area (Å²) in [6.45, 7) is 6.07. The minimum absolute atomic E-state index is 0. The molecule has 0 spiro atoms. The van der Waals surface area contributed by atoms with Gasteiger partial charge in [-0.15, -0.1) is 24.8 Å². The van der Waals surface area contributed by atoms with Gasteiger partial charge in [-0.1, -0.05) is 0 Å². The topological polar surface area (TPSA) is 48.5 Å². The number of halogens is 2. The number of fused-ring (bicyclic) bond motifs is 1. The fraction of sp³-hybridized carbons (Fsp3) is 0.625. The van der Waals surface area contributed by atoms with Gasteiger partial charge in [-0.05, 0) is 36.8 Å². The number of nitrogens with one attached hydrogen (secondary N) is 1. The van der Waals surface area contributed by atoms with Crippen LogP contribution >= 0.6 is 24.8 Å². The lowest BCUT2D eigenvalue weighted by atomic mass is 10.0. The highest BCUT2D eigenvalue weighted by atomic mass is 35.5. The minimum Gasteiger partial charge on any atom is -0.357 e. The molecule has 1 aromatic heterocycles. The normalized spacial score (nSPS) is 25.7. The standard InChI is InChI=1S/C16H22N4O.2ClH/c21-16(20-10-13-7-17-8-14(13)11-20)12-3-4-15(18-9-12)19-5-1-2-6-19;;/h3-4,9,13-14,17H,1-2,5-8,10-11H2;2*1H/t13-,14+;;. The third-order valence-corrected chi connectivity index (χ3v) is 5.10. The lowest BCUT2D eigenvalue weighted by Gasteiger charge is -2.19. The molecule has 3 fully saturated rings. The van der Waals surface area contributed by atoms with Crippen LogP contribution in [0.3, 0.4) is 0 Å². The Morgan fingerprint density at radius 1 is 1.09 bits per heavy atom. The van der Waals surface area contributed by atoms with Crippen molar-refractivity contribution in [2.24, 2.45) is 11.8 Å². The Hall–Kier alpha value is -1.04. The van der Waals surface area contributed by atoms with Crippen LogP contribution in [0.25, 0.3) is 0 Å². The van der Waals surface area contributed by atoms with Gasteiger partial charge in [0.15, 0.2) is 0 Å². The molecule has 5 nitrogen and oxygen atoms in total. The maximum absolute atomic E-state index is 12.6. The van der Waals surface area contributed by atoms with Crippen LogP contribution in [0.1, 0.15) is 23.2 Å². The summed E-state index contributed by atoms with van der Waals surface area (Å²) >= 11 is 0. The molecule has 0 bridgehead atoms. The fourth-order valence-electron chi connectivity index (χ4n) is 3.85. The van der Waals surface area contributed by atoms with Crippen LogP contribution in [0.2, 0.25) is 0 Å². The van der Waals surface area contributed by atoms with E-state index in [0.29, 0.717) is 11.8 Å². The Balaban J connectivity index is 0.000000960. The first kappa shape index (κ1) is 18.3. The molecule has 0 aliphatic carbocycles. The van der Waals surface area contributed by atoms with Crippen LogP contribution < -0.4 is 10.2 Å². The molecule has 128 valence electrons. The first-order valence-electron chi connectivity index (χ1n) is 8.02. The molecule has 4 heterocycles. The van der Waals surface area contributed by atoms with Gasteiger partial charge in [0.05, 0.1) is 5.56 Å². The third-order valence-electron chi connectivity index (χ3n) is 5.10. The lowest BCUT2D eigenvalue weighted by molar-refractivity contribution is 0.0781. The van der Waals surface area contributed by atoms with Gasteiger partial charge in [0.1, 0.15) is 5.82 Å². The van der Waals surface area contributed by atoms with Crippen LogP contribution in [0.4, 0.5) is 5.82 Å². The van der Waals surface area contributed by atoms with Crippen molar-refractivity contribution >= 4 is 36.5 Å². The number of likely N-dealkylation sites (tertiary alicyclic amines) is 1. The Kier molecular flexibility index (Phi) is 6.12. The molecule has 0 saturated carbocycles.